The zero-order valence-electron chi connectivity index (χ0n) is 16.0. The van der Waals surface area contributed by atoms with Gasteiger partial charge in [0.1, 0.15) is 0 Å². The minimum Gasteiger partial charge on any atom is -0.475 e. The van der Waals surface area contributed by atoms with Gasteiger partial charge >= 0.3 is 5.97 Å². The topological polar surface area (TPSA) is 54.4 Å². The molecule has 0 radical (unpaired) electrons. The first kappa shape index (κ1) is 22.1. The van der Waals surface area contributed by atoms with Gasteiger partial charge in [-0.2, -0.15) is 0 Å². The lowest BCUT2D eigenvalue weighted by molar-refractivity contribution is -0.154. The average Bonchev–Trinajstić information content (AvgIpc) is 2.47. The summed E-state index contributed by atoms with van der Waals surface area (Å²) in [4.78, 5) is 23.1. The Hall–Kier alpha value is -0.860. The summed E-state index contributed by atoms with van der Waals surface area (Å²) in [6, 6.07) is 0. The van der Waals surface area contributed by atoms with Crippen LogP contribution in [0.25, 0.3) is 0 Å². The lowest BCUT2D eigenvalue weighted by Gasteiger charge is -2.36. The van der Waals surface area contributed by atoms with Crippen molar-refractivity contribution in [1.82, 2.24) is 0 Å². The molecule has 0 rings (SSSR count). The molecular weight excluding hydrogens is 288 g/mol. The van der Waals surface area contributed by atoms with Crippen molar-refractivity contribution in [3.8, 4) is 0 Å². The number of carboxylic acid groups (broad SMARTS) is 1. The molecule has 0 unspecified atom stereocenters. The highest BCUT2D eigenvalue weighted by Crippen LogP contribution is 2.42. The fourth-order valence-corrected chi connectivity index (χ4v) is 3.70. The molecule has 0 saturated heterocycles. The highest BCUT2D eigenvalue weighted by atomic mass is 16.4. The number of unbranched alkanes of at least 4 members (excludes halogenated alkanes) is 6. The number of aliphatic carboxylic acids is 1. The van der Waals surface area contributed by atoms with E-state index in [2.05, 4.69) is 20.8 Å². The molecule has 136 valence electrons. The Morgan fingerprint density at radius 3 is 1.57 bits per heavy atom. The Bertz CT molecular complexity index is 346. The van der Waals surface area contributed by atoms with Crippen LogP contribution in [0.15, 0.2) is 0 Å². The van der Waals surface area contributed by atoms with Gasteiger partial charge in [-0.3, -0.25) is 4.79 Å². The number of hydrogen-bond acceptors (Lipinski definition) is 2. The van der Waals surface area contributed by atoms with Crippen LogP contribution < -0.4 is 0 Å². The monoisotopic (exact) mass is 326 g/mol. The number of rotatable bonds is 14. The third-order valence-electron chi connectivity index (χ3n) is 4.95. The fraction of sp³-hybridized carbons (Fsp3) is 0.900. The number of Topliss-reactive ketones (excluding diaryl/α,β-unsaturated/α-hetero) is 1. The molecule has 1 N–H and O–H groups in total. The molecule has 0 amide bonds. The molecule has 23 heavy (non-hydrogen) atoms. The molecular formula is C20H38O3. The molecule has 0 aliphatic carbocycles. The Morgan fingerprint density at radius 1 is 0.783 bits per heavy atom. The number of carbonyl (C=O) groups is 2. The standard InChI is InChI=1S/C20H38O3/c1-6-8-10-12-14-20(5,15-13-11-9-7-2)16-19(3,4)17(21)18(22)23/h6-16H2,1-5H3,(H,22,23). The van der Waals surface area contributed by atoms with Gasteiger partial charge in [0.05, 0.1) is 0 Å². The number of hydrogen-bond donors (Lipinski definition) is 1. The van der Waals surface area contributed by atoms with Crippen LogP contribution in [-0.4, -0.2) is 16.9 Å². The van der Waals surface area contributed by atoms with E-state index >= 15 is 0 Å². The zero-order valence-corrected chi connectivity index (χ0v) is 16.0. The lowest BCUT2D eigenvalue weighted by atomic mass is 9.67. The summed E-state index contributed by atoms with van der Waals surface area (Å²) in [7, 11) is 0. The van der Waals surface area contributed by atoms with Crippen LogP contribution in [0, 0.1) is 10.8 Å². The summed E-state index contributed by atoms with van der Waals surface area (Å²) >= 11 is 0. The van der Waals surface area contributed by atoms with Crippen LogP contribution >= 0.6 is 0 Å². The molecule has 0 heterocycles. The van der Waals surface area contributed by atoms with E-state index < -0.39 is 17.2 Å². The Kier molecular flexibility index (Phi) is 10.4. The second-order valence-corrected chi connectivity index (χ2v) is 8.13. The number of carboxylic acids is 1. The Morgan fingerprint density at radius 2 is 1.22 bits per heavy atom. The van der Waals surface area contributed by atoms with Gasteiger partial charge in [-0.25, -0.2) is 4.79 Å². The smallest absolute Gasteiger partial charge is 0.372 e. The maximum absolute atomic E-state index is 12.0. The predicted molar refractivity (Wildman–Crippen MR) is 96.7 cm³/mol. The Labute approximate surface area is 143 Å². The van der Waals surface area contributed by atoms with Crippen molar-refractivity contribution in [2.24, 2.45) is 10.8 Å². The summed E-state index contributed by atoms with van der Waals surface area (Å²) in [5.74, 6) is -1.94. The van der Waals surface area contributed by atoms with Crippen LogP contribution in [0.1, 0.15) is 105 Å². The average molecular weight is 327 g/mol. The molecule has 0 spiro atoms. The van der Waals surface area contributed by atoms with Gasteiger partial charge in [0.2, 0.25) is 5.78 Å². The van der Waals surface area contributed by atoms with Crippen LogP contribution in [0.3, 0.4) is 0 Å². The van der Waals surface area contributed by atoms with E-state index in [1.165, 1.54) is 51.4 Å². The van der Waals surface area contributed by atoms with Gasteiger partial charge in [-0.1, -0.05) is 86.0 Å². The van der Waals surface area contributed by atoms with E-state index in [1.54, 1.807) is 13.8 Å². The molecule has 0 aromatic rings. The van der Waals surface area contributed by atoms with E-state index in [-0.39, 0.29) is 5.41 Å². The minimum absolute atomic E-state index is 0.0656. The van der Waals surface area contributed by atoms with E-state index in [9.17, 15) is 9.59 Å². The van der Waals surface area contributed by atoms with Gasteiger partial charge in [0, 0.05) is 5.41 Å². The van der Waals surface area contributed by atoms with Crippen molar-refractivity contribution in [1.29, 1.82) is 0 Å². The van der Waals surface area contributed by atoms with Gasteiger partial charge < -0.3 is 5.11 Å². The predicted octanol–water partition coefficient (Wildman–Crippen LogP) is 6.00. The molecule has 0 fully saturated rings. The maximum atomic E-state index is 12.0. The van der Waals surface area contributed by atoms with Crippen molar-refractivity contribution in [2.75, 3.05) is 0 Å². The molecule has 3 nitrogen and oxygen atoms in total. The first-order chi connectivity index (χ1) is 10.7. The molecule has 3 heteroatoms. The SMILES string of the molecule is CCCCCCC(C)(CCCCCC)CC(C)(C)C(=O)C(=O)O. The first-order valence-electron chi connectivity index (χ1n) is 9.46. The second kappa shape index (κ2) is 10.8. The van der Waals surface area contributed by atoms with Gasteiger partial charge in [-0.15, -0.1) is 0 Å². The number of ketones is 1. The van der Waals surface area contributed by atoms with Crippen molar-refractivity contribution in [2.45, 2.75) is 105 Å². The highest BCUT2D eigenvalue weighted by Gasteiger charge is 2.39. The third kappa shape index (κ3) is 9.12. The molecule has 0 aromatic heterocycles. The Balaban J connectivity index is 4.79. The third-order valence-corrected chi connectivity index (χ3v) is 4.95. The van der Waals surface area contributed by atoms with Crippen LogP contribution in [0.2, 0.25) is 0 Å². The van der Waals surface area contributed by atoms with Crippen LogP contribution in [0.4, 0.5) is 0 Å². The fourth-order valence-electron chi connectivity index (χ4n) is 3.70. The number of carbonyl (C=O) groups excluding carboxylic acids is 1. The van der Waals surface area contributed by atoms with Crippen molar-refractivity contribution < 1.29 is 14.7 Å². The summed E-state index contributed by atoms with van der Waals surface area (Å²) in [5, 5.41) is 9.06. The summed E-state index contributed by atoms with van der Waals surface area (Å²) in [6.45, 7) is 10.2. The quantitative estimate of drug-likeness (QED) is 0.314. The van der Waals surface area contributed by atoms with E-state index in [0.717, 1.165) is 12.8 Å². The van der Waals surface area contributed by atoms with Gasteiger partial charge in [0.15, 0.2) is 0 Å². The highest BCUT2D eigenvalue weighted by molar-refractivity contribution is 6.34. The zero-order chi connectivity index (χ0) is 17.9. The molecule has 0 bridgehead atoms. The van der Waals surface area contributed by atoms with Crippen LogP contribution in [-0.2, 0) is 9.59 Å². The summed E-state index contributed by atoms with van der Waals surface area (Å²) in [6.07, 6.45) is 12.6. The summed E-state index contributed by atoms with van der Waals surface area (Å²) < 4.78 is 0. The molecule has 0 saturated carbocycles. The summed E-state index contributed by atoms with van der Waals surface area (Å²) in [5.41, 5.74) is -0.716. The molecule has 0 aromatic carbocycles. The van der Waals surface area contributed by atoms with E-state index in [4.69, 9.17) is 5.11 Å². The van der Waals surface area contributed by atoms with Gasteiger partial charge in [0.25, 0.3) is 0 Å². The first-order valence-corrected chi connectivity index (χ1v) is 9.46. The molecule has 0 aliphatic rings. The second-order valence-electron chi connectivity index (χ2n) is 8.13. The van der Waals surface area contributed by atoms with Crippen molar-refractivity contribution in [3.05, 3.63) is 0 Å². The van der Waals surface area contributed by atoms with E-state index in [1.807, 2.05) is 0 Å². The van der Waals surface area contributed by atoms with Crippen molar-refractivity contribution in [3.63, 3.8) is 0 Å². The maximum Gasteiger partial charge on any atom is 0.372 e. The molecule has 0 aliphatic heterocycles. The van der Waals surface area contributed by atoms with Crippen LogP contribution in [0.5, 0.6) is 0 Å². The normalized spacial score (nSPS) is 12.4. The minimum atomic E-state index is -1.30. The lowest BCUT2D eigenvalue weighted by Crippen LogP contribution is -2.36. The van der Waals surface area contributed by atoms with Crippen molar-refractivity contribution >= 4 is 11.8 Å². The van der Waals surface area contributed by atoms with Gasteiger partial charge in [-0.05, 0) is 24.7 Å². The van der Waals surface area contributed by atoms with E-state index in [0.29, 0.717) is 6.42 Å². The molecule has 0 atom stereocenters. The largest absolute Gasteiger partial charge is 0.475 e.